The minimum Gasteiger partial charge on any atom is -0.389 e. The maximum Gasteiger partial charge on any atom is 0.153 e. The fraction of sp³-hybridized carbons (Fsp3) is 1.00. The van der Waals surface area contributed by atoms with Crippen molar-refractivity contribution in [3.63, 3.8) is 0 Å². The van der Waals surface area contributed by atoms with Gasteiger partial charge in [-0.3, -0.25) is 0 Å². The Morgan fingerprint density at radius 2 is 1.88 bits per heavy atom. The lowest BCUT2D eigenvalue weighted by molar-refractivity contribution is 0.00633. The summed E-state index contributed by atoms with van der Waals surface area (Å²) >= 11 is 0. The van der Waals surface area contributed by atoms with E-state index in [0.717, 1.165) is 0 Å². The lowest BCUT2D eigenvalue weighted by atomic mass is 10.2. The highest BCUT2D eigenvalue weighted by Crippen LogP contribution is 2.13. The van der Waals surface area contributed by atoms with Gasteiger partial charge in [0.05, 0.1) is 23.6 Å². The van der Waals surface area contributed by atoms with E-state index in [-0.39, 0.29) is 12.7 Å². The highest BCUT2D eigenvalue weighted by atomic mass is 32.2. The van der Waals surface area contributed by atoms with E-state index in [1.807, 2.05) is 13.8 Å². The van der Waals surface area contributed by atoms with Crippen molar-refractivity contribution in [2.45, 2.75) is 44.6 Å². The van der Waals surface area contributed by atoms with E-state index in [2.05, 4.69) is 5.32 Å². The average molecular weight is 267 g/mol. The molecule has 0 heterocycles. The van der Waals surface area contributed by atoms with Gasteiger partial charge in [-0.05, 0) is 27.7 Å². The molecular formula is C11H25NO4S. The molecular weight excluding hydrogens is 242 g/mol. The SMILES string of the molecule is CC(C)OCC(O)CNCC(C)(C)S(C)(=O)=O. The summed E-state index contributed by atoms with van der Waals surface area (Å²) in [5, 5.41) is 12.5. The fourth-order valence-corrected chi connectivity index (χ4v) is 1.40. The van der Waals surface area contributed by atoms with E-state index in [4.69, 9.17) is 4.74 Å². The van der Waals surface area contributed by atoms with Crippen molar-refractivity contribution in [1.82, 2.24) is 5.32 Å². The van der Waals surface area contributed by atoms with E-state index in [9.17, 15) is 13.5 Å². The molecule has 1 atom stereocenters. The van der Waals surface area contributed by atoms with Crippen molar-refractivity contribution in [3.8, 4) is 0 Å². The highest BCUT2D eigenvalue weighted by molar-refractivity contribution is 7.92. The van der Waals surface area contributed by atoms with Crippen LogP contribution in [0.4, 0.5) is 0 Å². The van der Waals surface area contributed by atoms with Gasteiger partial charge in [0.1, 0.15) is 0 Å². The molecule has 0 saturated carbocycles. The molecule has 0 fully saturated rings. The van der Waals surface area contributed by atoms with Crippen LogP contribution in [-0.4, -0.2) is 56.4 Å². The second-order valence-electron chi connectivity index (χ2n) is 5.20. The zero-order chi connectivity index (χ0) is 13.7. The molecule has 0 aromatic rings. The number of sulfone groups is 1. The zero-order valence-corrected chi connectivity index (χ0v) is 12.2. The van der Waals surface area contributed by atoms with E-state index in [1.165, 1.54) is 6.26 Å². The molecule has 0 spiro atoms. The molecule has 5 nitrogen and oxygen atoms in total. The Morgan fingerprint density at radius 3 is 2.29 bits per heavy atom. The molecule has 1 unspecified atom stereocenters. The third-order valence-electron chi connectivity index (χ3n) is 2.56. The topological polar surface area (TPSA) is 75.6 Å². The van der Waals surface area contributed by atoms with Gasteiger partial charge in [0.15, 0.2) is 9.84 Å². The first-order valence-electron chi connectivity index (χ1n) is 5.76. The van der Waals surface area contributed by atoms with Gasteiger partial charge in [0, 0.05) is 19.3 Å². The van der Waals surface area contributed by atoms with Gasteiger partial charge in [0.25, 0.3) is 0 Å². The Hall–Kier alpha value is -0.170. The van der Waals surface area contributed by atoms with Crippen molar-refractivity contribution in [2.75, 3.05) is 26.0 Å². The minimum absolute atomic E-state index is 0.0807. The van der Waals surface area contributed by atoms with Crippen LogP contribution in [0.25, 0.3) is 0 Å². The zero-order valence-electron chi connectivity index (χ0n) is 11.4. The molecule has 0 aromatic heterocycles. The van der Waals surface area contributed by atoms with Crippen LogP contribution in [0.1, 0.15) is 27.7 Å². The van der Waals surface area contributed by atoms with Crippen LogP contribution in [0, 0.1) is 0 Å². The largest absolute Gasteiger partial charge is 0.389 e. The van der Waals surface area contributed by atoms with Gasteiger partial charge in [-0.1, -0.05) is 0 Å². The Kier molecular flexibility index (Phi) is 6.61. The molecule has 2 N–H and O–H groups in total. The predicted octanol–water partition coefficient (Wildman–Crippen LogP) is 0.185. The highest BCUT2D eigenvalue weighted by Gasteiger charge is 2.29. The molecule has 104 valence electrons. The molecule has 6 heteroatoms. The van der Waals surface area contributed by atoms with Crippen molar-refractivity contribution in [1.29, 1.82) is 0 Å². The van der Waals surface area contributed by atoms with Gasteiger partial charge in [-0.2, -0.15) is 0 Å². The van der Waals surface area contributed by atoms with Crippen molar-refractivity contribution < 1.29 is 18.3 Å². The summed E-state index contributed by atoms with van der Waals surface area (Å²) in [5.41, 5.74) is 0. The minimum atomic E-state index is -3.10. The number of aliphatic hydroxyl groups excluding tert-OH is 1. The summed E-state index contributed by atoms with van der Waals surface area (Å²) in [4.78, 5) is 0. The monoisotopic (exact) mass is 267 g/mol. The van der Waals surface area contributed by atoms with Gasteiger partial charge in [-0.15, -0.1) is 0 Å². The molecule has 0 aliphatic heterocycles. The standard InChI is InChI=1S/C11H25NO4S/c1-9(2)16-7-10(13)6-12-8-11(3,4)17(5,14)15/h9-10,12-13H,6-8H2,1-5H3. The van der Waals surface area contributed by atoms with Crippen LogP contribution in [0.2, 0.25) is 0 Å². The summed E-state index contributed by atoms with van der Waals surface area (Å²) in [7, 11) is -3.10. The van der Waals surface area contributed by atoms with Crippen molar-refractivity contribution >= 4 is 9.84 Å². The second kappa shape index (κ2) is 6.68. The fourth-order valence-electron chi connectivity index (χ4n) is 1.03. The van der Waals surface area contributed by atoms with E-state index in [0.29, 0.717) is 13.1 Å². The van der Waals surface area contributed by atoms with Crippen molar-refractivity contribution in [3.05, 3.63) is 0 Å². The lowest BCUT2D eigenvalue weighted by Crippen LogP contribution is -2.44. The van der Waals surface area contributed by atoms with Crippen LogP contribution in [0.15, 0.2) is 0 Å². The van der Waals surface area contributed by atoms with Crippen LogP contribution >= 0.6 is 0 Å². The number of ether oxygens (including phenoxy) is 1. The van der Waals surface area contributed by atoms with Crippen LogP contribution in [0.3, 0.4) is 0 Å². The smallest absolute Gasteiger partial charge is 0.153 e. The van der Waals surface area contributed by atoms with Gasteiger partial charge >= 0.3 is 0 Å². The normalized spacial score (nSPS) is 15.2. The van der Waals surface area contributed by atoms with Crippen LogP contribution in [-0.2, 0) is 14.6 Å². The number of nitrogens with one attached hydrogen (secondary N) is 1. The molecule has 0 aliphatic carbocycles. The van der Waals surface area contributed by atoms with Crippen molar-refractivity contribution in [2.24, 2.45) is 0 Å². The Bertz CT molecular complexity index is 311. The molecule has 0 aromatic carbocycles. The van der Waals surface area contributed by atoms with Gasteiger partial charge < -0.3 is 15.2 Å². The lowest BCUT2D eigenvalue weighted by Gasteiger charge is -2.23. The summed E-state index contributed by atoms with van der Waals surface area (Å²) in [6.07, 6.45) is 0.678. The van der Waals surface area contributed by atoms with Gasteiger partial charge in [-0.25, -0.2) is 8.42 Å². The first-order valence-corrected chi connectivity index (χ1v) is 7.65. The number of aliphatic hydroxyl groups is 1. The van der Waals surface area contributed by atoms with Gasteiger partial charge in [0.2, 0.25) is 0 Å². The molecule has 0 rings (SSSR count). The molecule has 0 amide bonds. The average Bonchev–Trinajstić information content (AvgIpc) is 2.12. The maximum absolute atomic E-state index is 11.4. The molecule has 0 aliphatic rings. The predicted molar refractivity (Wildman–Crippen MR) is 68.9 cm³/mol. The van der Waals surface area contributed by atoms with E-state index < -0.39 is 20.7 Å². The molecule has 0 saturated heterocycles. The molecule has 17 heavy (non-hydrogen) atoms. The molecule has 0 radical (unpaired) electrons. The van der Waals surface area contributed by atoms with E-state index >= 15 is 0 Å². The Balaban J connectivity index is 3.92. The second-order valence-corrected chi connectivity index (χ2v) is 7.85. The maximum atomic E-state index is 11.4. The van der Waals surface area contributed by atoms with Crippen LogP contribution in [0.5, 0.6) is 0 Å². The summed E-state index contributed by atoms with van der Waals surface area (Å²) in [6.45, 7) is 8.00. The number of hydrogen-bond donors (Lipinski definition) is 2. The number of hydrogen-bond acceptors (Lipinski definition) is 5. The Labute approximate surface area is 104 Å². The summed E-state index contributed by atoms with van der Waals surface area (Å²) in [6, 6.07) is 0. The molecule has 0 bridgehead atoms. The summed E-state index contributed by atoms with van der Waals surface area (Å²) < 4.78 is 27.3. The summed E-state index contributed by atoms with van der Waals surface area (Å²) in [5.74, 6) is 0. The number of rotatable bonds is 8. The van der Waals surface area contributed by atoms with E-state index in [1.54, 1.807) is 13.8 Å². The van der Waals surface area contributed by atoms with Crippen LogP contribution < -0.4 is 5.32 Å². The third kappa shape index (κ3) is 6.98. The first kappa shape index (κ1) is 16.8. The third-order valence-corrected chi connectivity index (χ3v) is 4.71. The first-order chi connectivity index (χ1) is 7.56. The quantitative estimate of drug-likeness (QED) is 0.656. The Morgan fingerprint density at radius 1 is 1.35 bits per heavy atom.